The van der Waals surface area contributed by atoms with Crippen molar-refractivity contribution in [3.05, 3.63) is 59.9 Å². The smallest absolute Gasteiger partial charge is 0.274 e. The molecule has 114 valence electrons. The van der Waals surface area contributed by atoms with Crippen LogP contribution in [0.15, 0.2) is 48.7 Å². The van der Waals surface area contributed by atoms with Crippen molar-refractivity contribution in [2.24, 2.45) is 0 Å². The third-order valence-electron chi connectivity index (χ3n) is 2.79. The van der Waals surface area contributed by atoms with E-state index in [1.54, 1.807) is 48.7 Å². The van der Waals surface area contributed by atoms with Gasteiger partial charge in [0.05, 0.1) is 0 Å². The zero-order valence-electron chi connectivity index (χ0n) is 12.9. The first-order valence-electron chi connectivity index (χ1n) is 7.00. The van der Waals surface area contributed by atoms with Crippen LogP contribution in [0, 0.1) is 0 Å². The summed E-state index contributed by atoms with van der Waals surface area (Å²) < 4.78 is 0. The van der Waals surface area contributed by atoms with Gasteiger partial charge in [0.15, 0.2) is 0 Å². The standard InChI is InChI=1S/C17H19N3O2/c1-17(2,3)20-15(21)12-7-9-13(10-8-12)19-16(22)14-6-4-5-11-18-14/h4-11H,1-3H3,(H,19,22)(H,20,21). The summed E-state index contributed by atoms with van der Waals surface area (Å²) >= 11 is 0. The maximum absolute atomic E-state index is 12.0. The van der Waals surface area contributed by atoms with E-state index in [4.69, 9.17) is 0 Å². The molecule has 1 aromatic carbocycles. The van der Waals surface area contributed by atoms with Gasteiger partial charge in [-0.05, 0) is 57.2 Å². The second-order valence-electron chi connectivity index (χ2n) is 5.95. The SMILES string of the molecule is CC(C)(C)NC(=O)c1ccc(NC(=O)c2ccccn2)cc1. The molecule has 0 saturated carbocycles. The van der Waals surface area contributed by atoms with Gasteiger partial charge in [-0.3, -0.25) is 14.6 Å². The van der Waals surface area contributed by atoms with Gasteiger partial charge in [-0.2, -0.15) is 0 Å². The minimum Gasteiger partial charge on any atom is -0.347 e. The molecule has 2 rings (SSSR count). The second-order valence-corrected chi connectivity index (χ2v) is 5.95. The Morgan fingerprint density at radius 3 is 2.18 bits per heavy atom. The van der Waals surface area contributed by atoms with Gasteiger partial charge in [0.2, 0.25) is 0 Å². The van der Waals surface area contributed by atoms with Crippen molar-refractivity contribution in [2.75, 3.05) is 5.32 Å². The summed E-state index contributed by atoms with van der Waals surface area (Å²) in [6.45, 7) is 5.77. The summed E-state index contributed by atoms with van der Waals surface area (Å²) in [4.78, 5) is 28.0. The Hall–Kier alpha value is -2.69. The number of benzene rings is 1. The van der Waals surface area contributed by atoms with E-state index in [0.717, 1.165) is 0 Å². The van der Waals surface area contributed by atoms with E-state index in [1.807, 2.05) is 20.8 Å². The van der Waals surface area contributed by atoms with E-state index in [2.05, 4.69) is 15.6 Å². The number of nitrogens with one attached hydrogen (secondary N) is 2. The molecule has 0 atom stereocenters. The highest BCUT2D eigenvalue weighted by atomic mass is 16.2. The van der Waals surface area contributed by atoms with Gasteiger partial charge < -0.3 is 10.6 Å². The average Bonchev–Trinajstić information content (AvgIpc) is 2.47. The number of rotatable bonds is 3. The molecule has 22 heavy (non-hydrogen) atoms. The molecule has 0 fully saturated rings. The molecular formula is C17H19N3O2. The van der Waals surface area contributed by atoms with Gasteiger partial charge in [0.1, 0.15) is 5.69 Å². The van der Waals surface area contributed by atoms with Crippen LogP contribution in [0.1, 0.15) is 41.6 Å². The molecule has 2 aromatic rings. The van der Waals surface area contributed by atoms with Crippen molar-refractivity contribution in [2.45, 2.75) is 26.3 Å². The third-order valence-corrected chi connectivity index (χ3v) is 2.79. The average molecular weight is 297 g/mol. The highest BCUT2D eigenvalue weighted by Gasteiger charge is 2.15. The number of aromatic nitrogens is 1. The normalized spacial score (nSPS) is 10.9. The van der Waals surface area contributed by atoms with Gasteiger partial charge in [-0.15, -0.1) is 0 Å². The molecule has 5 heteroatoms. The minimum absolute atomic E-state index is 0.143. The van der Waals surface area contributed by atoms with Crippen LogP contribution in [0.5, 0.6) is 0 Å². The molecule has 0 radical (unpaired) electrons. The first kappa shape index (κ1) is 15.7. The summed E-state index contributed by atoms with van der Waals surface area (Å²) in [5, 5.41) is 5.62. The lowest BCUT2D eigenvalue weighted by atomic mass is 10.1. The Morgan fingerprint density at radius 1 is 0.955 bits per heavy atom. The maximum Gasteiger partial charge on any atom is 0.274 e. The molecular weight excluding hydrogens is 278 g/mol. The van der Waals surface area contributed by atoms with E-state index in [1.165, 1.54) is 0 Å². The Morgan fingerprint density at radius 2 is 1.64 bits per heavy atom. The van der Waals surface area contributed by atoms with Crippen molar-refractivity contribution < 1.29 is 9.59 Å². The molecule has 0 aliphatic rings. The molecule has 0 bridgehead atoms. The van der Waals surface area contributed by atoms with Crippen LogP contribution < -0.4 is 10.6 Å². The number of nitrogens with zero attached hydrogens (tertiary/aromatic N) is 1. The van der Waals surface area contributed by atoms with Crippen molar-refractivity contribution in [1.29, 1.82) is 0 Å². The molecule has 0 aliphatic carbocycles. The monoisotopic (exact) mass is 297 g/mol. The molecule has 1 aromatic heterocycles. The molecule has 1 heterocycles. The highest BCUT2D eigenvalue weighted by molar-refractivity contribution is 6.03. The van der Waals surface area contributed by atoms with Crippen LogP contribution in [-0.4, -0.2) is 22.3 Å². The van der Waals surface area contributed by atoms with Crippen LogP contribution in [0.2, 0.25) is 0 Å². The quantitative estimate of drug-likeness (QED) is 0.915. The minimum atomic E-state index is -0.289. The van der Waals surface area contributed by atoms with E-state index < -0.39 is 0 Å². The molecule has 5 nitrogen and oxygen atoms in total. The third kappa shape index (κ3) is 4.41. The number of pyridine rings is 1. The van der Waals surface area contributed by atoms with Crippen LogP contribution in [0.3, 0.4) is 0 Å². The fourth-order valence-electron chi connectivity index (χ4n) is 1.81. The Labute approximate surface area is 129 Å². The lowest BCUT2D eigenvalue weighted by molar-refractivity contribution is 0.0919. The molecule has 0 saturated heterocycles. The predicted molar refractivity (Wildman–Crippen MR) is 85.9 cm³/mol. The van der Waals surface area contributed by atoms with Crippen molar-refractivity contribution in [3.8, 4) is 0 Å². The zero-order valence-corrected chi connectivity index (χ0v) is 12.9. The van der Waals surface area contributed by atoms with Crippen molar-refractivity contribution >= 4 is 17.5 Å². The number of hydrogen-bond acceptors (Lipinski definition) is 3. The van der Waals surface area contributed by atoms with Gasteiger partial charge >= 0.3 is 0 Å². The van der Waals surface area contributed by atoms with E-state index >= 15 is 0 Å². The van der Waals surface area contributed by atoms with Gasteiger partial charge in [0, 0.05) is 23.0 Å². The van der Waals surface area contributed by atoms with E-state index in [9.17, 15) is 9.59 Å². The first-order chi connectivity index (χ1) is 10.3. The molecule has 2 amide bonds. The van der Waals surface area contributed by atoms with Crippen LogP contribution in [0.25, 0.3) is 0 Å². The Bertz CT molecular complexity index is 659. The fraction of sp³-hybridized carbons (Fsp3) is 0.235. The number of amides is 2. The second kappa shape index (κ2) is 6.39. The summed E-state index contributed by atoms with van der Waals surface area (Å²) in [5.74, 6) is -0.428. The molecule has 0 spiro atoms. The molecule has 0 unspecified atom stereocenters. The van der Waals surface area contributed by atoms with Crippen molar-refractivity contribution in [3.63, 3.8) is 0 Å². The fourth-order valence-corrected chi connectivity index (χ4v) is 1.81. The lowest BCUT2D eigenvalue weighted by Crippen LogP contribution is -2.40. The summed E-state index contributed by atoms with van der Waals surface area (Å²) in [6.07, 6.45) is 1.56. The number of carbonyl (C=O) groups excluding carboxylic acids is 2. The number of carbonyl (C=O) groups is 2. The largest absolute Gasteiger partial charge is 0.347 e. The van der Waals surface area contributed by atoms with Gasteiger partial charge in [0.25, 0.3) is 11.8 Å². The van der Waals surface area contributed by atoms with E-state index in [0.29, 0.717) is 16.9 Å². The van der Waals surface area contributed by atoms with Gasteiger partial charge in [-0.25, -0.2) is 0 Å². The summed E-state index contributed by atoms with van der Waals surface area (Å²) in [5.41, 5.74) is 1.22. The molecule has 2 N–H and O–H groups in total. The Kier molecular flexibility index (Phi) is 4.56. The predicted octanol–water partition coefficient (Wildman–Crippen LogP) is 2.86. The summed E-state index contributed by atoms with van der Waals surface area (Å²) in [7, 11) is 0. The highest BCUT2D eigenvalue weighted by Crippen LogP contribution is 2.12. The first-order valence-corrected chi connectivity index (χ1v) is 7.00. The topological polar surface area (TPSA) is 71.1 Å². The van der Waals surface area contributed by atoms with Crippen LogP contribution in [-0.2, 0) is 0 Å². The maximum atomic E-state index is 12.0. The zero-order chi connectivity index (χ0) is 16.2. The summed E-state index contributed by atoms with van der Waals surface area (Å²) in [6, 6.07) is 11.9. The van der Waals surface area contributed by atoms with E-state index in [-0.39, 0.29) is 17.4 Å². The molecule has 0 aliphatic heterocycles. The van der Waals surface area contributed by atoms with Gasteiger partial charge in [-0.1, -0.05) is 6.07 Å². The van der Waals surface area contributed by atoms with Crippen LogP contribution >= 0.6 is 0 Å². The van der Waals surface area contributed by atoms with Crippen LogP contribution in [0.4, 0.5) is 5.69 Å². The lowest BCUT2D eigenvalue weighted by Gasteiger charge is -2.20. The Balaban J connectivity index is 2.03. The van der Waals surface area contributed by atoms with Crippen molar-refractivity contribution in [1.82, 2.24) is 10.3 Å². The number of hydrogen-bond donors (Lipinski definition) is 2. The number of anilines is 1.